The summed E-state index contributed by atoms with van der Waals surface area (Å²) in [6, 6.07) is 9.90. The van der Waals surface area contributed by atoms with Gasteiger partial charge in [0.1, 0.15) is 5.52 Å². The molecule has 2 aromatic carbocycles. The van der Waals surface area contributed by atoms with E-state index >= 15 is 0 Å². The Morgan fingerprint density at radius 3 is 2.68 bits per heavy atom. The van der Waals surface area contributed by atoms with Gasteiger partial charge in [-0.25, -0.2) is 13.8 Å². The van der Waals surface area contributed by atoms with Gasteiger partial charge in [0, 0.05) is 47.5 Å². The van der Waals surface area contributed by atoms with Crippen molar-refractivity contribution in [3.05, 3.63) is 53.7 Å². The highest BCUT2D eigenvalue weighted by Gasteiger charge is 2.27. The lowest BCUT2D eigenvalue weighted by atomic mass is 9.95. The summed E-state index contributed by atoms with van der Waals surface area (Å²) < 4.78 is 38.6. The predicted molar refractivity (Wildman–Crippen MR) is 113 cm³/mol. The number of aryl methyl sites for hydroxylation is 1. The molecule has 6 nitrogen and oxygen atoms in total. The van der Waals surface area contributed by atoms with Gasteiger partial charge in [0.15, 0.2) is 23.1 Å². The maximum Gasteiger partial charge on any atom is 0.231 e. The number of pyridine rings is 1. The number of anilines is 2. The molecule has 1 amide bonds. The van der Waals surface area contributed by atoms with Crippen LogP contribution in [0.15, 0.2) is 36.4 Å². The van der Waals surface area contributed by atoms with Gasteiger partial charge in [-0.2, -0.15) is 0 Å². The molecule has 2 aliphatic heterocycles. The van der Waals surface area contributed by atoms with Crippen molar-refractivity contribution in [2.24, 2.45) is 5.92 Å². The molecule has 0 aliphatic carbocycles. The quantitative estimate of drug-likeness (QED) is 0.674. The zero-order valence-corrected chi connectivity index (χ0v) is 17.0. The first-order valence-electron chi connectivity index (χ1n) is 10.2. The number of benzene rings is 2. The maximum atomic E-state index is 14.3. The molecule has 0 spiro atoms. The zero-order chi connectivity index (χ0) is 21.5. The van der Waals surface area contributed by atoms with E-state index in [-0.39, 0.29) is 24.1 Å². The standard InChI is InChI=1S/C23H21F2N3O3/c1-13-10-18(16-3-4-17(24)21(25)22(16)26-13)28-8-6-14(7-9-28)23(29)27-15-2-5-19-20(11-15)31-12-30-19/h2-5,10-11,14H,6-9,12H2,1H3,(H,27,29). The third-order valence-electron chi connectivity index (χ3n) is 5.83. The normalized spacial score (nSPS) is 16.0. The van der Waals surface area contributed by atoms with E-state index in [0.29, 0.717) is 54.2 Å². The Kier molecular flexibility index (Phi) is 4.84. The Morgan fingerprint density at radius 1 is 1.10 bits per heavy atom. The van der Waals surface area contributed by atoms with E-state index in [4.69, 9.17) is 9.47 Å². The fourth-order valence-electron chi connectivity index (χ4n) is 4.20. The molecule has 1 aromatic heterocycles. The smallest absolute Gasteiger partial charge is 0.231 e. The zero-order valence-electron chi connectivity index (χ0n) is 17.0. The number of halogens is 2. The largest absolute Gasteiger partial charge is 0.454 e. The summed E-state index contributed by atoms with van der Waals surface area (Å²) in [5.74, 6) is -0.720. The van der Waals surface area contributed by atoms with Crippen molar-refractivity contribution in [1.29, 1.82) is 0 Å². The lowest BCUT2D eigenvalue weighted by Gasteiger charge is -2.33. The van der Waals surface area contributed by atoms with Gasteiger partial charge in [0.25, 0.3) is 0 Å². The Hall–Kier alpha value is -3.42. The summed E-state index contributed by atoms with van der Waals surface area (Å²) in [7, 11) is 0. The van der Waals surface area contributed by atoms with Crippen LogP contribution in [0.1, 0.15) is 18.5 Å². The van der Waals surface area contributed by atoms with Crippen LogP contribution in [0.3, 0.4) is 0 Å². The number of hydrogen-bond donors (Lipinski definition) is 1. The van der Waals surface area contributed by atoms with E-state index in [2.05, 4.69) is 15.2 Å². The molecule has 3 aromatic rings. The van der Waals surface area contributed by atoms with E-state index < -0.39 is 11.6 Å². The van der Waals surface area contributed by atoms with Crippen molar-refractivity contribution in [2.75, 3.05) is 30.1 Å². The van der Waals surface area contributed by atoms with Crippen LogP contribution in [-0.2, 0) is 4.79 Å². The van der Waals surface area contributed by atoms with Crippen LogP contribution in [-0.4, -0.2) is 30.8 Å². The second kappa shape index (κ2) is 7.68. The minimum absolute atomic E-state index is 0.0394. The van der Waals surface area contributed by atoms with Crippen LogP contribution in [0.2, 0.25) is 0 Å². The first-order chi connectivity index (χ1) is 15.0. The van der Waals surface area contributed by atoms with Crippen molar-refractivity contribution in [2.45, 2.75) is 19.8 Å². The fraction of sp³-hybridized carbons (Fsp3) is 0.304. The first-order valence-corrected chi connectivity index (χ1v) is 10.2. The van der Waals surface area contributed by atoms with Crippen LogP contribution in [0.4, 0.5) is 20.2 Å². The molecule has 3 heterocycles. The maximum absolute atomic E-state index is 14.3. The van der Waals surface area contributed by atoms with Crippen molar-refractivity contribution < 1.29 is 23.0 Å². The van der Waals surface area contributed by atoms with Crippen LogP contribution in [0.25, 0.3) is 10.9 Å². The monoisotopic (exact) mass is 425 g/mol. The van der Waals surface area contributed by atoms with Crippen molar-refractivity contribution in [1.82, 2.24) is 4.98 Å². The van der Waals surface area contributed by atoms with Crippen molar-refractivity contribution >= 4 is 28.2 Å². The molecule has 5 rings (SSSR count). The number of rotatable bonds is 3. The highest BCUT2D eigenvalue weighted by Crippen LogP contribution is 2.35. The number of fused-ring (bicyclic) bond motifs is 2. The number of carbonyl (C=O) groups is 1. The van der Waals surface area contributed by atoms with Crippen LogP contribution >= 0.6 is 0 Å². The number of piperidine rings is 1. The number of nitrogens with one attached hydrogen (secondary N) is 1. The van der Waals surface area contributed by atoms with Crippen molar-refractivity contribution in [3.63, 3.8) is 0 Å². The van der Waals surface area contributed by atoms with Crippen LogP contribution < -0.4 is 19.7 Å². The molecule has 8 heteroatoms. The third-order valence-corrected chi connectivity index (χ3v) is 5.83. The van der Waals surface area contributed by atoms with Crippen LogP contribution in [0.5, 0.6) is 11.5 Å². The highest BCUT2D eigenvalue weighted by atomic mass is 19.2. The Balaban J connectivity index is 1.29. The number of ether oxygens (including phenoxy) is 2. The van der Waals surface area contributed by atoms with Gasteiger partial charge >= 0.3 is 0 Å². The number of amides is 1. The third kappa shape index (κ3) is 3.62. The van der Waals surface area contributed by atoms with E-state index in [0.717, 1.165) is 11.8 Å². The molecular weight excluding hydrogens is 404 g/mol. The topological polar surface area (TPSA) is 63.7 Å². The summed E-state index contributed by atoms with van der Waals surface area (Å²) in [5, 5.41) is 3.53. The summed E-state index contributed by atoms with van der Waals surface area (Å²) in [5.41, 5.74) is 2.15. The predicted octanol–water partition coefficient (Wildman–Crippen LogP) is 4.41. The van der Waals surface area contributed by atoms with Gasteiger partial charge in [0.05, 0.1) is 0 Å². The Bertz CT molecular complexity index is 1180. The van der Waals surface area contributed by atoms with E-state index in [9.17, 15) is 13.6 Å². The highest BCUT2D eigenvalue weighted by molar-refractivity contribution is 5.94. The lowest BCUT2D eigenvalue weighted by molar-refractivity contribution is -0.120. The van der Waals surface area contributed by atoms with Gasteiger partial charge in [-0.3, -0.25) is 4.79 Å². The van der Waals surface area contributed by atoms with Gasteiger partial charge < -0.3 is 19.7 Å². The average Bonchev–Trinajstić information content (AvgIpc) is 3.24. The molecule has 0 atom stereocenters. The second-order valence-corrected chi connectivity index (χ2v) is 7.86. The molecular formula is C23H21F2N3O3. The molecule has 0 bridgehead atoms. The molecule has 1 fully saturated rings. The second-order valence-electron chi connectivity index (χ2n) is 7.86. The molecule has 2 aliphatic rings. The molecule has 160 valence electrons. The fourth-order valence-corrected chi connectivity index (χ4v) is 4.20. The average molecular weight is 425 g/mol. The number of aromatic nitrogens is 1. The van der Waals surface area contributed by atoms with E-state index in [1.54, 1.807) is 31.2 Å². The molecule has 0 unspecified atom stereocenters. The molecule has 31 heavy (non-hydrogen) atoms. The summed E-state index contributed by atoms with van der Waals surface area (Å²) >= 11 is 0. The van der Waals surface area contributed by atoms with Gasteiger partial charge in [-0.15, -0.1) is 0 Å². The minimum atomic E-state index is -0.930. The SMILES string of the molecule is Cc1cc(N2CCC(C(=O)Nc3ccc4c(c3)OCO4)CC2)c2ccc(F)c(F)c2n1. The number of hydrogen-bond acceptors (Lipinski definition) is 5. The van der Waals surface area contributed by atoms with E-state index in [1.165, 1.54) is 0 Å². The lowest BCUT2D eigenvalue weighted by Crippen LogP contribution is -2.38. The van der Waals surface area contributed by atoms with Crippen LogP contribution in [0, 0.1) is 24.5 Å². The van der Waals surface area contributed by atoms with Gasteiger partial charge in [-0.1, -0.05) is 0 Å². The number of carbonyl (C=O) groups excluding carboxylic acids is 1. The summed E-state index contributed by atoms with van der Waals surface area (Å²) in [4.78, 5) is 19.0. The first kappa shape index (κ1) is 19.5. The number of nitrogens with zero attached hydrogens (tertiary/aromatic N) is 2. The van der Waals surface area contributed by atoms with Crippen molar-refractivity contribution in [3.8, 4) is 11.5 Å². The molecule has 1 N–H and O–H groups in total. The molecule has 0 saturated carbocycles. The molecule has 0 radical (unpaired) electrons. The molecule has 1 saturated heterocycles. The Labute approximate surface area is 177 Å². The summed E-state index contributed by atoms with van der Waals surface area (Å²) in [6.45, 7) is 3.22. The Morgan fingerprint density at radius 2 is 1.87 bits per heavy atom. The minimum Gasteiger partial charge on any atom is -0.454 e. The van der Waals surface area contributed by atoms with Gasteiger partial charge in [-0.05, 0) is 50.1 Å². The summed E-state index contributed by atoms with van der Waals surface area (Å²) in [6.07, 6.45) is 1.31. The van der Waals surface area contributed by atoms with E-state index in [1.807, 2.05) is 6.07 Å². The van der Waals surface area contributed by atoms with Gasteiger partial charge in [0.2, 0.25) is 12.7 Å².